The van der Waals surface area contributed by atoms with E-state index in [2.05, 4.69) is 13.0 Å². The number of cyclic esters (lactones) is 1. The monoisotopic (exact) mass is 622 g/mol. The molecule has 0 bridgehead atoms. The molecule has 13 atom stereocenters. The highest BCUT2D eigenvalue weighted by Gasteiger charge is 2.56. The standard InChI is InChI=1S/C35H58O9/c1-9-22-13-11-10-12-20(4)31(37)27-17-25-24-16-23(44-35(38)34(42-8)33(41-7)32(40-6)19(2)3)14-21(24)15-28(39-5)30(25)26(27)18-29(36)43-22/h17,19-26,28,30,32-35,38H,9-16,18H2,1-8H3/t20-,21?,22+,23-,24-,25+,26-,28?,30-,32?,33?,34?,35?/m1/s1. The van der Waals surface area contributed by atoms with Crippen molar-refractivity contribution in [3.63, 3.8) is 0 Å². The molecule has 3 aliphatic carbocycles. The lowest BCUT2D eigenvalue weighted by Gasteiger charge is -2.43. The normalized spacial score (nSPS) is 37.5. The van der Waals surface area contributed by atoms with Gasteiger partial charge in [-0.1, -0.05) is 40.2 Å². The Hall–Kier alpha value is -1.36. The number of hydrogen-bond donors (Lipinski definition) is 1. The van der Waals surface area contributed by atoms with Crippen LogP contribution in [0.1, 0.15) is 85.5 Å². The van der Waals surface area contributed by atoms with Crippen molar-refractivity contribution >= 4 is 11.8 Å². The van der Waals surface area contributed by atoms with E-state index in [4.69, 9.17) is 28.4 Å². The molecule has 4 rings (SSSR count). The molecule has 3 fully saturated rings. The number of rotatable bonds is 11. The van der Waals surface area contributed by atoms with Gasteiger partial charge in [0.25, 0.3) is 0 Å². The van der Waals surface area contributed by atoms with E-state index in [9.17, 15) is 14.7 Å². The quantitative estimate of drug-likeness (QED) is 0.248. The van der Waals surface area contributed by atoms with Gasteiger partial charge in [-0.05, 0) is 80.1 Å². The molecule has 1 N–H and O–H groups in total. The minimum absolute atomic E-state index is 0.0322. The summed E-state index contributed by atoms with van der Waals surface area (Å²) >= 11 is 0. The largest absolute Gasteiger partial charge is 0.462 e. The summed E-state index contributed by atoms with van der Waals surface area (Å²) in [6, 6.07) is 0. The molecular formula is C35H58O9. The Bertz CT molecular complexity index is 981. The molecule has 6 unspecified atom stereocenters. The smallest absolute Gasteiger partial charge is 0.306 e. The molecule has 44 heavy (non-hydrogen) atoms. The highest BCUT2D eigenvalue weighted by molar-refractivity contribution is 5.98. The fourth-order valence-corrected chi connectivity index (χ4v) is 8.94. The summed E-state index contributed by atoms with van der Waals surface area (Å²) < 4.78 is 35.5. The molecule has 0 aromatic carbocycles. The lowest BCUT2D eigenvalue weighted by Crippen LogP contribution is -2.50. The first-order valence-corrected chi connectivity index (χ1v) is 17.0. The van der Waals surface area contributed by atoms with Gasteiger partial charge in [0.1, 0.15) is 18.3 Å². The number of hydrogen-bond acceptors (Lipinski definition) is 9. The van der Waals surface area contributed by atoms with Crippen LogP contribution in [0, 0.1) is 41.4 Å². The third-order valence-electron chi connectivity index (χ3n) is 11.2. The Labute approximate surface area is 264 Å². The highest BCUT2D eigenvalue weighted by atomic mass is 16.6. The molecule has 9 heteroatoms. The van der Waals surface area contributed by atoms with E-state index in [-0.39, 0.29) is 78.1 Å². The molecule has 0 aromatic rings. The number of aliphatic hydroxyl groups excluding tert-OH is 1. The molecule has 1 saturated heterocycles. The molecule has 2 saturated carbocycles. The molecule has 0 radical (unpaired) electrons. The van der Waals surface area contributed by atoms with Crippen LogP contribution < -0.4 is 0 Å². The summed E-state index contributed by atoms with van der Waals surface area (Å²) in [4.78, 5) is 27.2. The van der Waals surface area contributed by atoms with Crippen LogP contribution in [0.4, 0.5) is 0 Å². The van der Waals surface area contributed by atoms with Crippen LogP contribution in [-0.2, 0) is 38.0 Å². The van der Waals surface area contributed by atoms with Gasteiger partial charge in [0.05, 0.1) is 24.7 Å². The van der Waals surface area contributed by atoms with Crippen LogP contribution in [0.15, 0.2) is 11.6 Å². The lowest BCUT2D eigenvalue weighted by atomic mass is 9.64. The molecule has 252 valence electrons. The van der Waals surface area contributed by atoms with E-state index in [1.807, 2.05) is 20.8 Å². The average molecular weight is 623 g/mol. The Balaban J connectivity index is 1.55. The van der Waals surface area contributed by atoms with Gasteiger partial charge in [-0.15, -0.1) is 0 Å². The number of carbonyl (C=O) groups excluding carboxylic acids is 2. The van der Waals surface area contributed by atoms with E-state index in [0.717, 1.165) is 56.9 Å². The number of esters is 1. The van der Waals surface area contributed by atoms with E-state index < -0.39 is 18.5 Å². The zero-order valence-electron chi connectivity index (χ0n) is 28.2. The zero-order chi connectivity index (χ0) is 32.1. The van der Waals surface area contributed by atoms with E-state index in [0.29, 0.717) is 5.92 Å². The predicted octanol–water partition coefficient (Wildman–Crippen LogP) is 5.12. The third kappa shape index (κ3) is 7.60. The fourth-order valence-electron chi connectivity index (χ4n) is 8.94. The predicted molar refractivity (Wildman–Crippen MR) is 166 cm³/mol. The number of fused-ring (bicyclic) bond motifs is 5. The van der Waals surface area contributed by atoms with Gasteiger partial charge in [0.15, 0.2) is 12.1 Å². The number of ketones is 1. The maximum atomic E-state index is 13.9. The van der Waals surface area contributed by atoms with Gasteiger partial charge in [-0.3, -0.25) is 9.59 Å². The maximum absolute atomic E-state index is 13.9. The molecular weight excluding hydrogens is 564 g/mol. The van der Waals surface area contributed by atoms with Gasteiger partial charge in [-0.25, -0.2) is 0 Å². The number of ether oxygens (including phenoxy) is 6. The fraction of sp³-hybridized carbons (Fsp3) is 0.886. The maximum Gasteiger partial charge on any atom is 0.306 e. The minimum Gasteiger partial charge on any atom is -0.462 e. The summed E-state index contributed by atoms with van der Waals surface area (Å²) in [5.41, 5.74) is 0.798. The van der Waals surface area contributed by atoms with Gasteiger partial charge >= 0.3 is 5.97 Å². The topological polar surface area (TPSA) is 110 Å². The summed E-state index contributed by atoms with van der Waals surface area (Å²) in [5, 5.41) is 11.3. The van der Waals surface area contributed by atoms with Gasteiger partial charge in [0, 0.05) is 40.3 Å². The van der Waals surface area contributed by atoms with E-state index in [1.54, 1.807) is 28.4 Å². The van der Waals surface area contributed by atoms with Crippen molar-refractivity contribution in [1.82, 2.24) is 0 Å². The van der Waals surface area contributed by atoms with Crippen molar-refractivity contribution in [2.45, 2.75) is 128 Å². The van der Waals surface area contributed by atoms with Crippen LogP contribution in [0.3, 0.4) is 0 Å². The van der Waals surface area contributed by atoms with Gasteiger partial charge in [-0.2, -0.15) is 0 Å². The molecule has 1 heterocycles. The van der Waals surface area contributed by atoms with E-state index >= 15 is 0 Å². The molecule has 4 aliphatic rings. The summed E-state index contributed by atoms with van der Waals surface area (Å²) in [5.74, 6) is 0.544. The Morgan fingerprint density at radius 2 is 1.64 bits per heavy atom. The van der Waals surface area contributed by atoms with Crippen LogP contribution in [0.25, 0.3) is 0 Å². The van der Waals surface area contributed by atoms with Crippen molar-refractivity contribution < 1.29 is 43.1 Å². The van der Waals surface area contributed by atoms with Gasteiger partial charge in [0.2, 0.25) is 0 Å². The minimum atomic E-state index is -1.19. The third-order valence-corrected chi connectivity index (χ3v) is 11.2. The second-order valence-electron chi connectivity index (χ2n) is 14.1. The van der Waals surface area contributed by atoms with Crippen molar-refractivity contribution in [1.29, 1.82) is 0 Å². The number of Topliss-reactive ketones (excluding diaryl/α,β-unsaturated/α-hetero) is 1. The molecule has 0 aromatic heterocycles. The lowest BCUT2D eigenvalue weighted by molar-refractivity contribution is -0.236. The summed E-state index contributed by atoms with van der Waals surface area (Å²) in [7, 11) is 6.53. The van der Waals surface area contributed by atoms with Crippen LogP contribution in [0.5, 0.6) is 0 Å². The number of carbonyl (C=O) groups is 2. The second-order valence-corrected chi connectivity index (χ2v) is 14.1. The second kappa shape index (κ2) is 16.0. The van der Waals surface area contributed by atoms with E-state index in [1.165, 1.54) is 0 Å². The molecule has 1 aliphatic heterocycles. The van der Waals surface area contributed by atoms with Crippen molar-refractivity contribution in [2.75, 3.05) is 28.4 Å². The first-order chi connectivity index (χ1) is 21.1. The highest BCUT2D eigenvalue weighted by Crippen LogP contribution is 2.57. The number of allylic oxidation sites excluding steroid dienone is 2. The van der Waals surface area contributed by atoms with Crippen LogP contribution >= 0.6 is 0 Å². The number of aliphatic hydroxyl groups is 1. The number of methoxy groups -OCH3 is 4. The molecule has 9 nitrogen and oxygen atoms in total. The SMILES string of the molecule is CC[C@H]1CCCC[C@@H](C)C(=O)C2=C[C@@H]3[C@@H](C(OC)CC4C[C@@H](OC(O)C(OC)C(OC)C(OC)C(C)C)C[C@H]43)[C@@H]2CC(=O)O1. The van der Waals surface area contributed by atoms with Crippen molar-refractivity contribution in [2.24, 2.45) is 41.4 Å². The summed E-state index contributed by atoms with van der Waals surface area (Å²) in [6.45, 7) is 8.19. The van der Waals surface area contributed by atoms with Crippen LogP contribution in [0.2, 0.25) is 0 Å². The molecule has 0 spiro atoms. The average Bonchev–Trinajstić information content (AvgIpc) is 3.57. The first kappa shape index (κ1) is 35.5. The van der Waals surface area contributed by atoms with Crippen molar-refractivity contribution in [3.05, 3.63) is 11.6 Å². The Morgan fingerprint density at radius 1 is 0.955 bits per heavy atom. The first-order valence-electron chi connectivity index (χ1n) is 17.0. The zero-order valence-corrected chi connectivity index (χ0v) is 28.2. The van der Waals surface area contributed by atoms with Crippen LogP contribution in [-0.4, -0.2) is 88.2 Å². The Morgan fingerprint density at radius 3 is 2.25 bits per heavy atom. The van der Waals surface area contributed by atoms with Gasteiger partial charge < -0.3 is 33.5 Å². The van der Waals surface area contributed by atoms with Crippen molar-refractivity contribution in [3.8, 4) is 0 Å². The summed E-state index contributed by atoms with van der Waals surface area (Å²) in [6.07, 6.45) is 6.15. The Kier molecular flexibility index (Phi) is 12.9. The molecule has 0 amide bonds.